The standard InChI is InChI=1S/C12H15BrOS/c1-9(14)12(2,3)8-15-11-6-4-10(13)5-7-11/h4-7H,8H2,1-3H3. The molecule has 0 bridgehead atoms. The highest BCUT2D eigenvalue weighted by molar-refractivity contribution is 9.10. The third-order valence-electron chi connectivity index (χ3n) is 2.37. The highest BCUT2D eigenvalue weighted by atomic mass is 79.9. The highest BCUT2D eigenvalue weighted by Crippen LogP contribution is 2.28. The molecule has 1 aromatic carbocycles. The Bertz CT molecular complexity index is 343. The number of hydrogen-bond donors (Lipinski definition) is 0. The molecule has 0 saturated heterocycles. The van der Waals surface area contributed by atoms with Crippen LogP contribution in [0.3, 0.4) is 0 Å². The van der Waals surface area contributed by atoms with E-state index in [-0.39, 0.29) is 11.2 Å². The Morgan fingerprint density at radius 2 is 1.87 bits per heavy atom. The molecule has 0 radical (unpaired) electrons. The Kier molecular flexibility index (Phi) is 4.41. The van der Waals surface area contributed by atoms with Gasteiger partial charge in [0.1, 0.15) is 5.78 Å². The van der Waals surface area contributed by atoms with Crippen LogP contribution in [0.4, 0.5) is 0 Å². The number of carbonyl (C=O) groups is 1. The fourth-order valence-corrected chi connectivity index (χ4v) is 2.22. The molecule has 0 fully saturated rings. The first-order valence-electron chi connectivity index (χ1n) is 4.81. The minimum atomic E-state index is -0.238. The lowest BCUT2D eigenvalue weighted by molar-refractivity contribution is -0.123. The van der Waals surface area contributed by atoms with Crippen LogP contribution in [-0.4, -0.2) is 11.5 Å². The van der Waals surface area contributed by atoms with Crippen molar-refractivity contribution in [2.24, 2.45) is 5.41 Å². The molecule has 3 heteroatoms. The van der Waals surface area contributed by atoms with Crippen LogP contribution in [0, 0.1) is 5.41 Å². The molecule has 82 valence electrons. The van der Waals surface area contributed by atoms with Gasteiger partial charge in [-0.25, -0.2) is 0 Å². The van der Waals surface area contributed by atoms with Crippen molar-refractivity contribution in [3.05, 3.63) is 28.7 Å². The van der Waals surface area contributed by atoms with Crippen molar-refractivity contribution >= 4 is 33.5 Å². The second-order valence-corrected chi connectivity index (χ2v) is 6.15. The average molecular weight is 287 g/mol. The van der Waals surface area contributed by atoms with E-state index in [0.29, 0.717) is 0 Å². The largest absolute Gasteiger partial charge is 0.299 e. The molecule has 0 aliphatic heterocycles. The van der Waals surface area contributed by atoms with Crippen molar-refractivity contribution in [2.45, 2.75) is 25.7 Å². The number of thioether (sulfide) groups is 1. The van der Waals surface area contributed by atoms with Crippen molar-refractivity contribution < 1.29 is 4.79 Å². The van der Waals surface area contributed by atoms with E-state index in [1.807, 2.05) is 26.0 Å². The van der Waals surface area contributed by atoms with Crippen molar-refractivity contribution in [1.29, 1.82) is 0 Å². The normalized spacial score (nSPS) is 11.5. The van der Waals surface area contributed by atoms with Gasteiger partial charge in [-0.3, -0.25) is 4.79 Å². The van der Waals surface area contributed by atoms with Crippen LogP contribution >= 0.6 is 27.7 Å². The maximum absolute atomic E-state index is 11.3. The molecule has 0 unspecified atom stereocenters. The monoisotopic (exact) mass is 286 g/mol. The molecule has 0 heterocycles. The minimum Gasteiger partial charge on any atom is -0.299 e. The number of hydrogen-bond acceptors (Lipinski definition) is 2. The summed E-state index contributed by atoms with van der Waals surface area (Å²) in [5, 5.41) is 0. The summed E-state index contributed by atoms with van der Waals surface area (Å²) in [5.41, 5.74) is -0.238. The lowest BCUT2D eigenvalue weighted by atomic mass is 9.92. The van der Waals surface area contributed by atoms with Crippen molar-refractivity contribution in [2.75, 3.05) is 5.75 Å². The van der Waals surface area contributed by atoms with E-state index in [0.717, 1.165) is 10.2 Å². The minimum absolute atomic E-state index is 0.238. The van der Waals surface area contributed by atoms with Crippen LogP contribution in [0.1, 0.15) is 20.8 Å². The van der Waals surface area contributed by atoms with E-state index in [1.165, 1.54) is 4.90 Å². The number of benzene rings is 1. The van der Waals surface area contributed by atoms with Gasteiger partial charge in [-0.05, 0) is 31.2 Å². The first kappa shape index (κ1) is 12.8. The van der Waals surface area contributed by atoms with Gasteiger partial charge in [0, 0.05) is 20.5 Å². The second-order valence-electron chi connectivity index (χ2n) is 4.18. The molecule has 1 nitrogen and oxygen atoms in total. The second kappa shape index (κ2) is 5.17. The fourth-order valence-electron chi connectivity index (χ4n) is 0.896. The predicted molar refractivity (Wildman–Crippen MR) is 69.3 cm³/mol. The lowest BCUT2D eigenvalue weighted by Gasteiger charge is -2.20. The summed E-state index contributed by atoms with van der Waals surface area (Å²) in [6.45, 7) is 5.63. The van der Waals surface area contributed by atoms with Crippen LogP contribution in [0.25, 0.3) is 0 Å². The summed E-state index contributed by atoms with van der Waals surface area (Å²) < 4.78 is 1.08. The summed E-state index contributed by atoms with van der Waals surface area (Å²) in [7, 11) is 0. The molecular formula is C12H15BrOS. The molecule has 0 aliphatic carbocycles. The third kappa shape index (κ3) is 3.99. The topological polar surface area (TPSA) is 17.1 Å². The fraction of sp³-hybridized carbons (Fsp3) is 0.417. The molecule has 0 N–H and O–H groups in total. The number of halogens is 1. The summed E-state index contributed by atoms with van der Waals surface area (Å²) in [6, 6.07) is 8.15. The van der Waals surface area contributed by atoms with Crippen LogP contribution < -0.4 is 0 Å². The van der Waals surface area contributed by atoms with Gasteiger partial charge in [-0.2, -0.15) is 0 Å². The van der Waals surface area contributed by atoms with Gasteiger partial charge in [-0.1, -0.05) is 29.8 Å². The van der Waals surface area contributed by atoms with E-state index >= 15 is 0 Å². The first-order chi connectivity index (χ1) is 6.92. The molecule has 0 aliphatic rings. The van der Waals surface area contributed by atoms with Gasteiger partial charge in [-0.15, -0.1) is 11.8 Å². The molecule has 0 aromatic heterocycles. The van der Waals surface area contributed by atoms with Gasteiger partial charge < -0.3 is 0 Å². The van der Waals surface area contributed by atoms with E-state index in [1.54, 1.807) is 18.7 Å². The van der Waals surface area contributed by atoms with Crippen LogP contribution in [0.5, 0.6) is 0 Å². The SMILES string of the molecule is CC(=O)C(C)(C)CSc1ccc(Br)cc1. The summed E-state index contributed by atoms with van der Waals surface area (Å²) in [4.78, 5) is 12.5. The number of Topliss-reactive ketones (excluding diaryl/α,β-unsaturated/α-hetero) is 1. The molecular weight excluding hydrogens is 272 g/mol. The zero-order chi connectivity index (χ0) is 11.5. The summed E-state index contributed by atoms with van der Waals surface area (Å²) in [5.74, 6) is 1.07. The molecule has 15 heavy (non-hydrogen) atoms. The Morgan fingerprint density at radius 3 is 2.33 bits per heavy atom. The lowest BCUT2D eigenvalue weighted by Crippen LogP contribution is -2.23. The van der Waals surface area contributed by atoms with E-state index in [2.05, 4.69) is 28.1 Å². The zero-order valence-corrected chi connectivity index (χ0v) is 11.6. The molecule has 1 aromatic rings. The van der Waals surface area contributed by atoms with Crippen LogP contribution in [0.15, 0.2) is 33.6 Å². The van der Waals surface area contributed by atoms with Gasteiger partial charge in [0.05, 0.1) is 0 Å². The number of ketones is 1. The van der Waals surface area contributed by atoms with Crippen molar-refractivity contribution in [3.63, 3.8) is 0 Å². The molecule has 0 spiro atoms. The quantitative estimate of drug-likeness (QED) is 0.774. The number of carbonyl (C=O) groups excluding carboxylic acids is 1. The first-order valence-corrected chi connectivity index (χ1v) is 6.59. The van der Waals surface area contributed by atoms with E-state index in [4.69, 9.17) is 0 Å². The summed E-state index contributed by atoms with van der Waals surface area (Å²) >= 11 is 5.12. The van der Waals surface area contributed by atoms with Crippen molar-refractivity contribution in [3.8, 4) is 0 Å². The van der Waals surface area contributed by atoms with Crippen LogP contribution in [0.2, 0.25) is 0 Å². The molecule has 0 amide bonds. The van der Waals surface area contributed by atoms with Crippen LogP contribution in [-0.2, 0) is 4.79 Å². The van der Waals surface area contributed by atoms with Gasteiger partial charge in [0.25, 0.3) is 0 Å². The van der Waals surface area contributed by atoms with Gasteiger partial charge in [0.2, 0.25) is 0 Å². The number of rotatable bonds is 4. The van der Waals surface area contributed by atoms with E-state index in [9.17, 15) is 4.79 Å². The average Bonchev–Trinajstić information content (AvgIpc) is 2.17. The van der Waals surface area contributed by atoms with Gasteiger partial charge in [0.15, 0.2) is 0 Å². The predicted octanol–water partition coefficient (Wildman–Crippen LogP) is 4.16. The zero-order valence-electron chi connectivity index (χ0n) is 9.21. The molecule has 1 rings (SSSR count). The molecule has 0 saturated carbocycles. The maximum atomic E-state index is 11.3. The third-order valence-corrected chi connectivity index (χ3v) is 4.37. The van der Waals surface area contributed by atoms with Crippen molar-refractivity contribution in [1.82, 2.24) is 0 Å². The van der Waals surface area contributed by atoms with Gasteiger partial charge >= 0.3 is 0 Å². The Hall–Kier alpha value is -0.280. The van der Waals surface area contributed by atoms with E-state index < -0.39 is 0 Å². The molecule has 0 atom stereocenters. The highest BCUT2D eigenvalue weighted by Gasteiger charge is 2.23. The Balaban J connectivity index is 2.57. The maximum Gasteiger partial charge on any atom is 0.136 e. The Labute approximate surface area is 104 Å². The Morgan fingerprint density at radius 1 is 1.33 bits per heavy atom. The smallest absolute Gasteiger partial charge is 0.136 e. The summed E-state index contributed by atoms with van der Waals surface area (Å²) in [6.07, 6.45) is 0.